The number of benzene rings is 2. The molecule has 1 N–H and O–H groups in total. The average Bonchev–Trinajstić information content (AvgIpc) is 2.61. The SMILES string of the molecule is O=C(O)CCC(=O)ON=C(C(=O)c1ccccc1)c1ccccc1. The van der Waals surface area contributed by atoms with Crippen molar-refractivity contribution in [3.8, 4) is 0 Å². The number of nitrogens with zero attached hydrogens (tertiary/aromatic N) is 1. The van der Waals surface area contributed by atoms with Crippen LogP contribution in [0.2, 0.25) is 0 Å². The van der Waals surface area contributed by atoms with E-state index in [0.29, 0.717) is 11.1 Å². The van der Waals surface area contributed by atoms with Gasteiger partial charge in [-0.25, -0.2) is 4.79 Å². The van der Waals surface area contributed by atoms with Gasteiger partial charge < -0.3 is 9.94 Å². The van der Waals surface area contributed by atoms with E-state index in [1.807, 2.05) is 0 Å². The van der Waals surface area contributed by atoms with Crippen molar-refractivity contribution < 1.29 is 24.3 Å². The molecular formula is C18H15NO5. The molecule has 6 heteroatoms. The standard InChI is InChI=1S/C18H15NO5/c20-15(21)11-12-16(22)24-19-17(13-7-3-1-4-8-13)18(23)14-9-5-2-6-10-14/h1-10H,11-12H2,(H,20,21). The fourth-order valence-electron chi connectivity index (χ4n) is 1.90. The number of carbonyl (C=O) groups excluding carboxylic acids is 2. The van der Waals surface area contributed by atoms with E-state index in [0.717, 1.165) is 0 Å². The molecule has 0 radical (unpaired) electrons. The first-order chi connectivity index (χ1) is 11.6. The van der Waals surface area contributed by atoms with Crippen molar-refractivity contribution in [3.63, 3.8) is 0 Å². The highest BCUT2D eigenvalue weighted by Gasteiger charge is 2.18. The minimum absolute atomic E-state index is 0.0227. The van der Waals surface area contributed by atoms with E-state index in [1.54, 1.807) is 60.7 Å². The van der Waals surface area contributed by atoms with Gasteiger partial charge in [0, 0.05) is 11.1 Å². The lowest BCUT2D eigenvalue weighted by molar-refractivity contribution is -0.147. The summed E-state index contributed by atoms with van der Waals surface area (Å²) in [5.74, 6) is -2.32. The second kappa shape index (κ2) is 8.38. The van der Waals surface area contributed by atoms with Crippen molar-refractivity contribution in [2.45, 2.75) is 12.8 Å². The number of hydrogen-bond acceptors (Lipinski definition) is 5. The molecule has 6 nitrogen and oxygen atoms in total. The maximum absolute atomic E-state index is 12.6. The Bertz CT molecular complexity index is 753. The second-order valence-corrected chi connectivity index (χ2v) is 4.86. The van der Waals surface area contributed by atoms with E-state index in [4.69, 9.17) is 9.94 Å². The zero-order valence-electron chi connectivity index (χ0n) is 12.7. The average molecular weight is 325 g/mol. The van der Waals surface area contributed by atoms with E-state index in [2.05, 4.69) is 5.16 Å². The predicted octanol–water partition coefficient (Wildman–Crippen LogP) is 2.68. The lowest BCUT2D eigenvalue weighted by Crippen LogP contribution is -2.17. The summed E-state index contributed by atoms with van der Waals surface area (Å²) in [6, 6.07) is 17.1. The minimum Gasteiger partial charge on any atom is -0.481 e. The van der Waals surface area contributed by atoms with Gasteiger partial charge in [-0.3, -0.25) is 9.59 Å². The van der Waals surface area contributed by atoms with Crippen molar-refractivity contribution in [3.05, 3.63) is 71.8 Å². The minimum atomic E-state index is -1.11. The molecule has 0 bridgehead atoms. The first-order valence-corrected chi connectivity index (χ1v) is 7.22. The Labute approximate surface area is 138 Å². The summed E-state index contributed by atoms with van der Waals surface area (Å²) in [5.41, 5.74) is 0.879. The van der Waals surface area contributed by atoms with Gasteiger partial charge >= 0.3 is 11.9 Å². The van der Waals surface area contributed by atoms with E-state index in [9.17, 15) is 14.4 Å². The molecule has 0 aliphatic rings. The molecule has 0 atom stereocenters. The van der Waals surface area contributed by atoms with Crippen molar-refractivity contribution in [1.82, 2.24) is 0 Å². The normalized spacial score (nSPS) is 10.9. The molecule has 2 rings (SSSR count). The lowest BCUT2D eigenvalue weighted by Gasteiger charge is -2.05. The summed E-state index contributed by atoms with van der Waals surface area (Å²) in [6.45, 7) is 0. The Hall–Kier alpha value is -3.28. The molecule has 0 aliphatic heterocycles. The Balaban J connectivity index is 2.24. The van der Waals surface area contributed by atoms with Crippen molar-refractivity contribution in [2.24, 2.45) is 5.16 Å². The van der Waals surface area contributed by atoms with Gasteiger partial charge in [0.15, 0.2) is 5.71 Å². The van der Waals surface area contributed by atoms with E-state index in [-0.39, 0.29) is 18.6 Å². The molecule has 0 aromatic heterocycles. The number of Topliss-reactive ketones (excluding diaryl/α,β-unsaturated/α-hetero) is 1. The molecule has 0 spiro atoms. The number of carbonyl (C=O) groups is 3. The molecule has 122 valence electrons. The van der Waals surface area contributed by atoms with Crippen LogP contribution in [0, 0.1) is 0 Å². The fourth-order valence-corrected chi connectivity index (χ4v) is 1.90. The number of rotatable bonds is 7. The van der Waals surface area contributed by atoms with Gasteiger partial charge in [-0.1, -0.05) is 65.8 Å². The van der Waals surface area contributed by atoms with Crippen LogP contribution in [0.25, 0.3) is 0 Å². The largest absolute Gasteiger partial charge is 0.481 e. The Kier molecular flexibility index (Phi) is 5.96. The van der Waals surface area contributed by atoms with Crippen LogP contribution in [0.5, 0.6) is 0 Å². The maximum Gasteiger partial charge on any atom is 0.335 e. The van der Waals surface area contributed by atoms with Gasteiger partial charge in [-0.2, -0.15) is 0 Å². The molecule has 0 amide bonds. The molecule has 0 unspecified atom stereocenters. The van der Waals surface area contributed by atoms with Gasteiger partial charge in [0.05, 0.1) is 12.8 Å². The van der Waals surface area contributed by atoms with Crippen molar-refractivity contribution in [1.29, 1.82) is 0 Å². The van der Waals surface area contributed by atoms with Gasteiger partial charge in [0.1, 0.15) is 0 Å². The van der Waals surface area contributed by atoms with Gasteiger partial charge in [-0.05, 0) is 0 Å². The van der Waals surface area contributed by atoms with Gasteiger partial charge in [-0.15, -0.1) is 0 Å². The second-order valence-electron chi connectivity index (χ2n) is 4.86. The topological polar surface area (TPSA) is 93.0 Å². The number of oxime groups is 1. The van der Waals surface area contributed by atoms with Crippen molar-refractivity contribution in [2.75, 3.05) is 0 Å². The number of carboxylic acids is 1. The summed E-state index contributed by atoms with van der Waals surface area (Å²) in [4.78, 5) is 39.3. The van der Waals surface area contributed by atoms with E-state index >= 15 is 0 Å². The monoisotopic (exact) mass is 325 g/mol. The third kappa shape index (κ3) is 4.88. The number of ketones is 1. The lowest BCUT2D eigenvalue weighted by atomic mass is 10.0. The van der Waals surface area contributed by atoms with Crippen molar-refractivity contribution >= 4 is 23.4 Å². The zero-order chi connectivity index (χ0) is 17.4. The Morgan fingerprint density at radius 1 is 0.833 bits per heavy atom. The molecule has 0 heterocycles. The van der Waals surface area contributed by atoms with Gasteiger partial charge in [0.2, 0.25) is 5.78 Å². The third-order valence-electron chi connectivity index (χ3n) is 3.08. The number of aliphatic carboxylic acids is 1. The van der Waals surface area contributed by atoms with Crippen LogP contribution in [0.1, 0.15) is 28.8 Å². The first kappa shape index (κ1) is 17.1. The fraction of sp³-hybridized carbons (Fsp3) is 0.111. The summed E-state index contributed by atoms with van der Waals surface area (Å²) < 4.78 is 0. The van der Waals surface area contributed by atoms with Crippen LogP contribution >= 0.6 is 0 Å². The Morgan fingerprint density at radius 2 is 1.38 bits per heavy atom. The third-order valence-corrected chi connectivity index (χ3v) is 3.08. The zero-order valence-corrected chi connectivity index (χ0v) is 12.7. The molecular weight excluding hydrogens is 310 g/mol. The van der Waals surface area contributed by atoms with Crippen LogP contribution in [0.4, 0.5) is 0 Å². The van der Waals surface area contributed by atoms with Gasteiger partial charge in [0.25, 0.3) is 0 Å². The quantitative estimate of drug-likeness (QED) is 0.366. The molecule has 0 fully saturated rings. The Morgan fingerprint density at radius 3 is 1.92 bits per heavy atom. The summed E-state index contributed by atoms with van der Waals surface area (Å²) in [7, 11) is 0. The number of hydrogen-bond donors (Lipinski definition) is 1. The first-order valence-electron chi connectivity index (χ1n) is 7.22. The molecule has 0 aliphatic carbocycles. The summed E-state index contributed by atoms with van der Waals surface area (Å²) >= 11 is 0. The highest BCUT2D eigenvalue weighted by molar-refractivity contribution is 6.51. The van der Waals surface area contributed by atoms with Crippen LogP contribution < -0.4 is 0 Å². The predicted molar refractivity (Wildman–Crippen MR) is 86.7 cm³/mol. The van der Waals surface area contributed by atoms with E-state index in [1.165, 1.54) is 0 Å². The molecule has 24 heavy (non-hydrogen) atoms. The van der Waals surface area contributed by atoms with E-state index < -0.39 is 17.7 Å². The highest BCUT2D eigenvalue weighted by Crippen LogP contribution is 2.10. The summed E-state index contributed by atoms with van der Waals surface area (Å²) in [6.07, 6.45) is -0.678. The summed E-state index contributed by atoms with van der Waals surface area (Å²) in [5, 5.41) is 12.2. The van der Waals surface area contributed by atoms with Crippen LogP contribution in [-0.4, -0.2) is 28.5 Å². The molecule has 2 aromatic rings. The van der Waals surface area contributed by atoms with Crippen LogP contribution in [0.3, 0.4) is 0 Å². The smallest absolute Gasteiger partial charge is 0.335 e. The van der Waals surface area contributed by atoms with Crippen LogP contribution in [-0.2, 0) is 14.4 Å². The molecule has 2 aromatic carbocycles. The highest BCUT2D eigenvalue weighted by atomic mass is 16.7. The van der Waals surface area contributed by atoms with Crippen LogP contribution in [0.15, 0.2) is 65.8 Å². The maximum atomic E-state index is 12.6. The molecule has 0 saturated heterocycles. The number of carboxylic acid groups (broad SMARTS) is 1. The molecule has 0 saturated carbocycles.